The van der Waals surface area contributed by atoms with E-state index in [0.717, 1.165) is 11.6 Å². The van der Waals surface area contributed by atoms with Gasteiger partial charge in [-0.05, 0) is 60.6 Å². The molecule has 0 aliphatic heterocycles. The number of hydrogen-bond donors (Lipinski definition) is 1. The maximum atomic E-state index is 6.47. The van der Waals surface area contributed by atoms with Crippen LogP contribution in [0.2, 0.25) is 0 Å². The summed E-state index contributed by atoms with van der Waals surface area (Å²) in [5.41, 5.74) is 8.54. The summed E-state index contributed by atoms with van der Waals surface area (Å²) in [5.74, 6) is 0.830. The van der Waals surface area contributed by atoms with E-state index >= 15 is 0 Å². The van der Waals surface area contributed by atoms with Gasteiger partial charge in [0, 0.05) is 5.69 Å². The molecule has 2 heteroatoms. The van der Waals surface area contributed by atoms with E-state index in [1.807, 2.05) is 12.1 Å². The Labute approximate surface area is 122 Å². The minimum absolute atomic E-state index is 0.146. The fourth-order valence-electron chi connectivity index (χ4n) is 4.43. The van der Waals surface area contributed by atoms with Crippen molar-refractivity contribution < 1.29 is 4.74 Å². The minimum Gasteiger partial charge on any atom is -0.399 e. The molecule has 2 aliphatic rings. The molecule has 2 aliphatic carbocycles. The maximum absolute atomic E-state index is 6.47. The summed E-state index contributed by atoms with van der Waals surface area (Å²) in [7, 11) is 0. The van der Waals surface area contributed by atoms with Gasteiger partial charge in [0.15, 0.2) is 0 Å². The average Bonchev–Trinajstić information content (AvgIpc) is 2.72. The van der Waals surface area contributed by atoms with Crippen LogP contribution in [0.25, 0.3) is 0 Å². The average molecular weight is 273 g/mol. The van der Waals surface area contributed by atoms with Gasteiger partial charge in [-0.3, -0.25) is 0 Å². The second-order valence-electron chi connectivity index (χ2n) is 7.54. The smallest absolute Gasteiger partial charge is 0.0800 e. The number of hydrogen-bond acceptors (Lipinski definition) is 2. The lowest BCUT2D eigenvalue weighted by molar-refractivity contribution is -0.0818. The van der Waals surface area contributed by atoms with E-state index in [0.29, 0.717) is 16.9 Å². The number of ether oxygens (including phenoxy) is 1. The van der Waals surface area contributed by atoms with Gasteiger partial charge in [0.1, 0.15) is 0 Å². The van der Waals surface area contributed by atoms with Crippen molar-refractivity contribution in [1.29, 1.82) is 0 Å². The number of fused-ring (bicyclic) bond motifs is 2. The molecule has 1 aromatic rings. The Hall–Kier alpha value is -1.02. The fourth-order valence-corrected chi connectivity index (χ4v) is 4.43. The van der Waals surface area contributed by atoms with Crippen molar-refractivity contribution in [3.8, 4) is 0 Å². The second kappa shape index (κ2) is 4.49. The summed E-state index contributed by atoms with van der Waals surface area (Å²) in [6.07, 6.45) is 4.45. The predicted molar refractivity (Wildman–Crippen MR) is 83.4 cm³/mol. The van der Waals surface area contributed by atoms with Crippen LogP contribution in [-0.4, -0.2) is 6.10 Å². The fraction of sp³-hybridized carbons (Fsp3) is 0.667. The van der Waals surface area contributed by atoms with Crippen LogP contribution in [0.15, 0.2) is 24.3 Å². The number of anilines is 1. The first-order chi connectivity index (χ1) is 9.34. The van der Waals surface area contributed by atoms with E-state index in [1.54, 1.807) is 0 Å². The zero-order chi connectivity index (χ0) is 14.5. The molecule has 20 heavy (non-hydrogen) atoms. The van der Waals surface area contributed by atoms with Gasteiger partial charge in [-0.25, -0.2) is 0 Å². The third-order valence-corrected chi connectivity index (χ3v) is 6.49. The molecule has 4 atom stereocenters. The van der Waals surface area contributed by atoms with Crippen molar-refractivity contribution in [2.45, 2.75) is 59.2 Å². The molecule has 0 spiro atoms. The highest BCUT2D eigenvalue weighted by atomic mass is 16.5. The van der Waals surface area contributed by atoms with E-state index < -0.39 is 0 Å². The molecule has 2 fully saturated rings. The van der Waals surface area contributed by atoms with Gasteiger partial charge < -0.3 is 10.5 Å². The van der Waals surface area contributed by atoms with Crippen LogP contribution < -0.4 is 5.73 Å². The van der Waals surface area contributed by atoms with Crippen LogP contribution in [0.5, 0.6) is 0 Å². The molecule has 110 valence electrons. The third-order valence-electron chi connectivity index (χ3n) is 6.49. The second-order valence-corrected chi connectivity index (χ2v) is 7.54. The molecule has 2 N–H and O–H groups in total. The lowest BCUT2D eigenvalue weighted by atomic mass is 9.70. The first-order valence-electron chi connectivity index (χ1n) is 7.85. The Morgan fingerprint density at radius 1 is 1.20 bits per heavy atom. The van der Waals surface area contributed by atoms with Gasteiger partial charge in [0.2, 0.25) is 0 Å². The van der Waals surface area contributed by atoms with E-state index in [4.69, 9.17) is 10.5 Å². The van der Waals surface area contributed by atoms with E-state index in [1.165, 1.54) is 24.8 Å². The molecule has 0 heterocycles. The predicted octanol–water partition coefficient (Wildman–Crippen LogP) is 4.56. The summed E-state index contributed by atoms with van der Waals surface area (Å²) in [6.45, 7) is 9.46. The van der Waals surface area contributed by atoms with Crippen LogP contribution in [-0.2, 0) is 4.74 Å². The van der Waals surface area contributed by atoms with E-state index in [2.05, 4.69) is 39.8 Å². The van der Waals surface area contributed by atoms with E-state index in [-0.39, 0.29) is 6.10 Å². The van der Waals surface area contributed by atoms with Crippen molar-refractivity contribution in [1.82, 2.24) is 0 Å². The number of nitrogen functional groups attached to an aromatic ring is 1. The SMILES string of the molecule is CC(OC1CC2CCC1(C)C2(C)C)c1ccc(N)cc1. The Morgan fingerprint density at radius 2 is 1.85 bits per heavy atom. The summed E-state index contributed by atoms with van der Waals surface area (Å²) in [6, 6.07) is 8.09. The Bertz CT molecular complexity index is 493. The van der Waals surface area contributed by atoms with Crippen molar-refractivity contribution in [3.63, 3.8) is 0 Å². The molecular formula is C18H27NO. The van der Waals surface area contributed by atoms with Crippen molar-refractivity contribution in [3.05, 3.63) is 29.8 Å². The van der Waals surface area contributed by atoms with Crippen molar-refractivity contribution in [2.24, 2.45) is 16.7 Å². The lowest BCUT2D eigenvalue weighted by Crippen LogP contribution is -2.37. The first-order valence-corrected chi connectivity index (χ1v) is 7.85. The summed E-state index contributed by atoms with van der Waals surface area (Å²) >= 11 is 0. The first kappa shape index (κ1) is 13.9. The Morgan fingerprint density at radius 3 is 2.35 bits per heavy atom. The highest BCUT2D eigenvalue weighted by molar-refractivity contribution is 5.39. The molecule has 0 amide bonds. The van der Waals surface area contributed by atoms with Crippen LogP contribution in [0, 0.1) is 16.7 Å². The van der Waals surface area contributed by atoms with Crippen molar-refractivity contribution in [2.75, 3.05) is 5.73 Å². The molecule has 2 bridgehead atoms. The topological polar surface area (TPSA) is 35.2 Å². The quantitative estimate of drug-likeness (QED) is 0.819. The molecule has 2 saturated carbocycles. The highest BCUT2D eigenvalue weighted by Crippen LogP contribution is 2.66. The molecule has 0 radical (unpaired) electrons. The summed E-state index contributed by atoms with van der Waals surface area (Å²) < 4.78 is 6.47. The Kier molecular flexibility index (Phi) is 3.13. The van der Waals surface area contributed by atoms with Crippen LogP contribution >= 0.6 is 0 Å². The molecular weight excluding hydrogens is 246 g/mol. The van der Waals surface area contributed by atoms with Gasteiger partial charge in [0.05, 0.1) is 12.2 Å². The van der Waals surface area contributed by atoms with E-state index in [9.17, 15) is 0 Å². The number of benzene rings is 1. The normalized spacial score (nSPS) is 36.2. The van der Waals surface area contributed by atoms with Crippen LogP contribution in [0.3, 0.4) is 0 Å². The molecule has 1 aromatic carbocycles. The van der Waals surface area contributed by atoms with Crippen LogP contribution in [0.1, 0.15) is 58.6 Å². The zero-order valence-electron chi connectivity index (χ0n) is 13.1. The monoisotopic (exact) mass is 273 g/mol. The molecule has 3 rings (SSSR count). The maximum Gasteiger partial charge on any atom is 0.0800 e. The summed E-state index contributed by atoms with van der Waals surface area (Å²) in [4.78, 5) is 0. The van der Waals surface area contributed by atoms with Crippen molar-refractivity contribution >= 4 is 5.69 Å². The number of rotatable bonds is 3. The number of nitrogens with two attached hydrogens (primary N) is 1. The Balaban J connectivity index is 1.75. The van der Waals surface area contributed by atoms with Gasteiger partial charge in [-0.2, -0.15) is 0 Å². The highest BCUT2D eigenvalue weighted by Gasteiger charge is 2.62. The van der Waals surface area contributed by atoms with Crippen LogP contribution in [0.4, 0.5) is 5.69 Å². The lowest BCUT2D eigenvalue weighted by Gasteiger charge is -2.40. The van der Waals surface area contributed by atoms with Gasteiger partial charge in [-0.15, -0.1) is 0 Å². The zero-order valence-corrected chi connectivity index (χ0v) is 13.1. The molecule has 0 saturated heterocycles. The summed E-state index contributed by atoms with van der Waals surface area (Å²) in [5, 5.41) is 0. The largest absolute Gasteiger partial charge is 0.399 e. The minimum atomic E-state index is 0.146. The molecule has 0 aromatic heterocycles. The van der Waals surface area contributed by atoms with Gasteiger partial charge in [0.25, 0.3) is 0 Å². The van der Waals surface area contributed by atoms with Gasteiger partial charge >= 0.3 is 0 Å². The third kappa shape index (κ3) is 1.88. The molecule has 2 nitrogen and oxygen atoms in total. The molecule has 4 unspecified atom stereocenters. The standard InChI is InChI=1S/C18H27NO/c1-12(13-5-7-15(19)8-6-13)20-16-11-14-9-10-18(16,4)17(14,2)3/h5-8,12,14,16H,9-11,19H2,1-4H3. The van der Waals surface area contributed by atoms with Gasteiger partial charge in [-0.1, -0.05) is 32.9 Å².